The second-order valence-corrected chi connectivity index (χ2v) is 5.21. The molecule has 0 aromatic carbocycles. The van der Waals surface area contributed by atoms with Crippen LogP contribution in [0.25, 0.3) is 0 Å². The number of ether oxygens (including phenoxy) is 1. The molecule has 1 fully saturated rings. The molecule has 0 bridgehead atoms. The summed E-state index contributed by atoms with van der Waals surface area (Å²) >= 11 is 0. The fraction of sp³-hybridized carbons (Fsp3) is 0.667. The Morgan fingerprint density at radius 3 is 2.94 bits per heavy atom. The molecule has 18 heavy (non-hydrogen) atoms. The Hall–Kier alpha value is -1.09. The smallest absolute Gasteiger partial charge is 0.137 e. The summed E-state index contributed by atoms with van der Waals surface area (Å²) in [4.78, 5) is 4.30. The maximum absolute atomic E-state index is 6.29. The molecular formula is C15H24N2O. The third kappa shape index (κ3) is 3.45. The van der Waals surface area contributed by atoms with Crippen molar-refractivity contribution in [2.75, 3.05) is 6.61 Å². The van der Waals surface area contributed by atoms with Crippen LogP contribution < -0.4 is 10.5 Å². The van der Waals surface area contributed by atoms with Crippen LogP contribution in [0.1, 0.15) is 56.9 Å². The first-order valence-electron chi connectivity index (χ1n) is 7.14. The van der Waals surface area contributed by atoms with E-state index in [9.17, 15) is 0 Å². The van der Waals surface area contributed by atoms with E-state index in [2.05, 4.69) is 18.0 Å². The van der Waals surface area contributed by atoms with E-state index in [1.807, 2.05) is 6.20 Å². The van der Waals surface area contributed by atoms with E-state index in [4.69, 9.17) is 10.5 Å². The first-order valence-corrected chi connectivity index (χ1v) is 7.14. The van der Waals surface area contributed by atoms with Crippen molar-refractivity contribution in [3.63, 3.8) is 0 Å². The zero-order chi connectivity index (χ0) is 12.8. The van der Waals surface area contributed by atoms with Crippen molar-refractivity contribution in [1.29, 1.82) is 0 Å². The maximum Gasteiger partial charge on any atom is 0.137 e. The Bertz CT molecular complexity index is 367. The van der Waals surface area contributed by atoms with E-state index < -0.39 is 0 Å². The minimum Gasteiger partial charge on any atom is -0.492 e. The Labute approximate surface area is 110 Å². The van der Waals surface area contributed by atoms with Crippen LogP contribution in [-0.2, 0) is 0 Å². The minimum atomic E-state index is 0.274. The molecule has 3 heteroatoms. The van der Waals surface area contributed by atoms with Gasteiger partial charge in [0.1, 0.15) is 5.75 Å². The minimum absolute atomic E-state index is 0.274. The lowest BCUT2D eigenvalue weighted by atomic mass is 9.89. The molecule has 2 rings (SSSR count). The number of aromatic nitrogens is 1. The van der Waals surface area contributed by atoms with Crippen LogP contribution in [0.15, 0.2) is 18.5 Å². The normalized spacial score (nSPS) is 24.6. The van der Waals surface area contributed by atoms with Crippen LogP contribution in [0.3, 0.4) is 0 Å². The van der Waals surface area contributed by atoms with E-state index in [1.165, 1.54) is 31.2 Å². The van der Waals surface area contributed by atoms with Crippen LogP contribution in [0.4, 0.5) is 0 Å². The molecule has 0 radical (unpaired) electrons. The van der Waals surface area contributed by atoms with Crippen LogP contribution in [0.5, 0.6) is 5.75 Å². The van der Waals surface area contributed by atoms with Crippen molar-refractivity contribution in [2.45, 2.75) is 57.4 Å². The fourth-order valence-corrected chi connectivity index (χ4v) is 2.69. The van der Waals surface area contributed by atoms with E-state index in [-0.39, 0.29) is 6.04 Å². The Morgan fingerprint density at radius 1 is 1.28 bits per heavy atom. The van der Waals surface area contributed by atoms with Gasteiger partial charge in [-0.15, -0.1) is 0 Å². The summed E-state index contributed by atoms with van der Waals surface area (Å²) in [7, 11) is 0. The molecular weight excluding hydrogens is 224 g/mol. The maximum atomic E-state index is 6.29. The summed E-state index contributed by atoms with van der Waals surface area (Å²) < 4.78 is 5.65. The largest absolute Gasteiger partial charge is 0.492 e. The van der Waals surface area contributed by atoms with E-state index in [0.29, 0.717) is 5.92 Å². The fourth-order valence-electron chi connectivity index (χ4n) is 2.69. The van der Waals surface area contributed by atoms with Crippen molar-refractivity contribution in [1.82, 2.24) is 4.98 Å². The van der Waals surface area contributed by atoms with Crippen LogP contribution in [0.2, 0.25) is 0 Å². The molecule has 0 aliphatic heterocycles. The third-order valence-electron chi connectivity index (χ3n) is 3.70. The van der Waals surface area contributed by atoms with Gasteiger partial charge in [0.15, 0.2) is 0 Å². The van der Waals surface area contributed by atoms with Crippen molar-refractivity contribution in [3.05, 3.63) is 24.0 Å². The summed E-state index contributed by atoms with van der Waals surface area (Å²) in [6, 6.07) is 2.40. The predicted molar refractivity (Wildman–Crippen MR) is 73.8 cm³/mol. The second-order valence-electron chi connectivity index (χ2n) is 5.21. The highest BCUT2D eigenvalue weighted by Crippen LogP contribution is 2.31. The monoisotopic (exact) mass is 248 g/mol. The van der Waals surface area contributed by atoms with Gasteiger partial charge in [-0.25, -0.2) is 0 Å². The van der Waals surface area contributed by atoms with Gasteiger partial charge in [-0.05, 0) is 30.9 Å². The van der Waals surface area contributed by atoms with Crippen molar-refractivity contribution < 1.29 is 4.74 Å². The lowest BCUT2D eigenvalue weighted by molar-refractivity contribution is 0.315. The number of nitrogens with zero attached hydrogens (tertiary/aromatic N) is 1. The van der Waals surface area contributed by atoms with E-state index >= 15 is 0 Å². The molecule has 1 aromatic heterocycles. The molecule has 0 saturated heterocycles. The van der Waals surface area contributed by atoms with E-state index in [0.717, 1.165) is 25.2 Å². The lowest BCUT2D eigenvalue weighted by Crippen LogP contribution is -2.27. The molecule has 1 saturated carbocycles. The standard InChI is InChI=1S/C15H24N2O/c1-2-8-18-13-9-12(10-17-11-13)14-6-4-3-5-7-15(14)16/h9-11,14-15H,2-8,16H2,1H3. The summed E-state index contributed by atoms with van der Waals surface area (Å²) in [5.41, 5.74) is 7.54. The number of nitrogens with two attached hydrogens (primary N) is 1. The number of pyridine rings is 1. The predicted octanol–water partition coefficient (Wildman–Crippen LogP) is 3.25. The van der Waals surface area contributed by atoms with Crippen LogP contribution in [-0.4, -0.2) is 17.6 Å². The molecule has 1 aliphatic rings. The van der Waals surface area contributed by atoms with Crippen molar-refractivity contribution in [3.8, 4) is 5.75 Å². The highest BCUT2D eigenvalue weighted by molar-refractivity contribution is 5.27. The molecule has 3 nitrogen and oxygen atoms in total. The highest BCUT2D eigenvalue weighted by atomic mass is 16.5. The molecule has 1 aromatic rings. The highest BCUT2D eigenvalue weighted by Gasteiger charge is 2.22. The second kappa shape index (κ2) is 6.74. The zero-order valence-corrected chi connectivity index (χ0v) is 11.3. The first kappa shape index (κ1) is 13.3. The van der Waals surface area contributed by atoms with Gasteiger partial charge < -0.3 is 10.5 Å². The van der Waals surface area contributed by atoms with Crippen LogP contribution >= 0.6 is 0 Å². The van der Waals surface area contributed by atoms with Gasteiger partial charge in [-0.1, -0.05) is 26.2 Å². The molecule has 2 unspecified atom stereocenters. The molecule has 0 amide bonds. The average molecular weight is 248 g/mol. The van der Waals surface area contributed by atoms with Gasteiger partial charge in [0.25, 0.3) is 0 Å². The van der Waals surface area contributed by atoms with Gasteiger partial charge in [-0.2, -0.15) is 0 Å². The molecule has 1 aliphatic carbocycles. The molecule has 2 N–H and O–H groups in total. The van der Waals surface area contributed by atoms with E-state index in [1.54, 1.807) is 6.20 Å². The van der Waals surface area contributed by atoms with Crippen molar-refractivity contribution >= 4 is 0 Å². The lowest BCUT2D eigenvalue weighted by Gasteiger charge is -2.21. The topological polar surface area (TPSA) is 48.1 Å². The zero-order valence-electron chi connectivity index (χ0n) is 11.3. The number of rotatable bonds is 4. The quantitative estimate of drug-likeness (QED) is 0.832. The first-order chi connectivity index (χ1) is 8.81. The summed E-state index contributed by atoms with van der Waals surface area (Å²) in [6.07, 6.45) is 10.9. The summed E-state index contributed by atoms with van der Waals surface area (Å²) in [5, 5.41) is 0. The summed E-state index contributed by atoms with van der Waals surface area (Å²) in [5.74, 6) is 1.33. The van der Waals surface area contributed by atoms with Crippen molar-refractivity contribution in [2.24, 2.45) is 5.73 Å². The van der Waals surface area contributed by atoms with Gasteiger partial charge in [0.05, 0.1) is 12.8 Å². The van der Waals surface area contributed by atoms with Gasteiger partial charge >= 0.3 is 0 Å². The Balaban J connectivity index is 2.10. The average Bonchev–Trinajstić information content (AvgIpc) is 2.61. The summed E-state index contributed by atoms with van der Waals surface area (Å²) in [6.45, 7) is 2.86. The molecule has 100 valence electrons. The molecule has 1 heterocycles. The van der Waals surface area contributed by atoms with Gasteiger partial charge in [-0.3, -0.25) is 4.98 Å². The van der Waals surface area contributed by atoms with Gasteiger partial charge in [0.2, 0.25) is 0 Å². The third-order valence-corrected chi connectivity index (χ3v) is 3.70. The van der Waals surface area contributed by atoms with Crippen LogP contribution in [0, 0.1) is 0 Å². The Kier molecular flexibility index (Phi) is 5.00. The number of hydrogen-bond acceptors (Lipinski definition) is 3. The molecule has 2 atom stereocenters. The molecule has 0 spiro atoms. The SMILES string of the molecule is CCCOc1cncc(C2CCCCCC2N)c1. The van der Waals surface area contributed by atoms with Gasteiger partial charge in [0, 0.05) is 18.2 Å². The Morgan fingerprint density at radius 2 is 2.11 bits per heavy atom. The number of hydrogen-bond donors (Lipinski definition) is 1.